The highest BCUT2D eigenvalue weighted by Gasteiger charge is 2.60. The fourth-order valence-electron chi connectivity index (χ4n) is 2.84. The second-order valence-corrected chi connectivity index (χ2v) is 6.55. The Morgan fingerprint density at radius 1 is 1.29 bits per heavy atom. The number of hydrogen-bond donors (Lipinski definition) is 1. The third kappa shape index (κ3) is 2.82. The summed E-state index contributed by atoms with van der Waals surface area (Å²) in [5.74, 6) is -0.545. The van der Waals surface area contributed by atoms with Gasteiger partial charge in [-0.3, -0.25) is 4.79 Å². The van der Waals surface area contributed by atoms with Crippen molar-refractivity contribution in [1.29, 1.82) is 0 Å². The van der Waals surface area contributed by atoms with E-state index in [0.29, 0.717) is 25.9 Å². The minimum atomic E-state index is -0.743. The van der Waals surface area contributed by atoms with E-state index in [0.717, 1.165) is 0 Å². The second-order valence-electron chi connectivity index (χ2n) is 6.55. The van der Waals surface area contributed by atoms with Crippen LogP contribution in [-0.4, -0.2) is 54.7 Å². The lowest BCUT2D eigenvalue weighted by atomic mass is 9.66. The minimum Gasteiger partial charge on any atom is -0.458 e. The Hall–Kier alpha value is -1.79. The fraction of sp³-hybridized carbons (Fsp3) is 0.786. The van der Waals surface area contributed by atoms with Crippen LogP contribution in [0.5, 0.6) is 0 Å². The van der Waals surface area contributed by atoms with Crippen molar-refractivity contribution < 1.29 is 23.9 Å². The molecule has 0 saturated carbocycles. The number of ether oxygens (including phenoxy) is 2. The molecule has 7 heteroatoms. The van der Waals surface area contributed by atoms with E-state index in [1.165, 1.54) is 7.11 Å². The van der Waals surface area contributed by atoms with Crippen LogP contribution < -0.4 is 5.32 Å². The molecule has 2 rings (SSSR count). The molecule has 2 aliphatic heterocycles. The zero-order chi connectivity index (χ0) is 15.8. The maximum atomic E-state index is 12.2. The number of amides is 2. The molecule has 0 radical (unpaired) electrons. The van der Waals surface area contributed by atoms with Crippen LogP contribution in [0.3, 0.4) is 0 Å². The number of rotatable bonds is 1. The van der Waals surface area contributed by atoms with Gasteiger partial charge in [0, 0.05) is 13.1 Å². The fourth-order valence-corrected chi connectivity index (χ4v) is 2.84. The molecule has 1 atom stereocenters. The lowest BCUT2D eigenvalue weighted by molar-refractivity contribution is -0.176. The number of hydrogen-bond acceptors (Lipinski definition) is 5. The van der Waals surface area contributed by atoms with Crippen molar-refractivity contribution in [2.75, 3.05) is 20.2 Å². The molecule has 7 nitrogen and oxygen atoms in total. The smallest absolute Gasteiger partial charge is 0.409 e. The van der Waals surface area contributed by atoms with Crippen molar-refractivity contribution in [2.24, 2.45) is 5.41 Å². The van der Waals surface area contributed by atoms with E-state index < -0.39 is 29.1 Å². The van der Waals surface area contributed by atoms with Crippen LogP contribution in [0.25, 0.3) is 0 Å². The summed E-state index contributed by atoms with van der Waals surface area (Å²) in [5.41, 5.74) is -1.34. The highest BCUT2D eigenvalue weighted by atomic mass is 16.6. The summed E-state index contributed by atoms with van der Waals surface area (Å²) in [6, 6.07) is -0.621. The molecule has 0 aliphatic carbocycles. The zero-order valence-electron chi connectivity index (χ0n) is 12.9. The molecular formula is C14H22N2O5. The summed E-state index contributed by atoms with van der Waals surface area (Å²) < 4.78 is 10.0. The number of nitrogens with zero attached hydrogens (tertiary/aromatic N) is 1. The zero-order valence-corrected chi connectivity index (χ0v) is 12.9. The standard InChI is InChI=1S/C14H22N2O5/c1-13(2,3)21-10(17)9-14(11(18)15-9)5-7-16(8-6-14)12(19)20-4/h9H,5-8H2,1-4H3,(H,15,18)/t9-/m0/s1. The molecule has 2 amide bonds. The molecule has 1 spiro atoms. The van der Waals surface area contributed by atoms with Crippen molar-refractivity contribution >= 4 is 18.0 Å². The quantitative estimate of drug-likeness (QED) is 0.568. The molecule has 0 aromatic heterocycles. The molecule has 0 aromatic rings. The van der Waals surface area contributed by atoms with Crippen LogP contribution in [0, 0.1) is 5.41 Å². The lowest BCUT2D eigenvalue weighted by Crippen LogP contribution is -2.73. The first-order chi connectivity index (χ1) is 9.69. The predicted molar refractivity (Wildman–Crippen MR) is 73.4 cm³/mol. The number of β-lactam (4-membered cyclic amide) rings is 1. The van der Waals surface area contributed by atoms with Crippen LogP contribution in [0.1, 0.15) is 33.6 Å². The van der Waals surface area contributed by atoms with Gasteiger partial charge in [-0.1, -0.05) is 0 Å². The number of esters is 1. The van der Waals surface area contributed by atoms with Gasteiger partial charge in [0.1, 0.15) is 11.6 Å². The van der Waals surface area contributed by atoms with Gasteiger partial charge >= 0.3 is 12.1 Å². The Kier molecular flexibility index (Phi) is 3.86. The number of carbonyl (C=O) groups is 3. The van der Waals surface area contributed by atoms with Crippen molar-refractivity contribution in [2.45, 2.75) is 45.3 Å². The Morgan fingerprint density at radius 3 is 2.29 bits per heavy atom. The average molecular weight is 298 g/mol. The van der Waals surface area contributed by atoms with Crippen LogP contribution in [0.4, 0.5) is 4.79 Å². The van der Waals surface area contributed by atoms with Gasteiger partial charge in [-0.15, -0.1) is 0 Å². The number of likely N-dealkylation sites (tertiary alicyclic amines) is 1. The first-order valence-corrected chi connectivity index (χ1v) is 7.06. The summed E-state index contributed by atoms with van der Waals surface area (Å²) in [6.07, 6.45) is 0.480. The first-order valence-electron chi connectivity index (χ1n) is 7.06. The number of nitrogens with one attached hydrogen (secondary N) is 1. The SMILES string of the molecule is COC(=O)N1CCC2(CC1)C(=O)N[C@H]2C(=O)OC(C)(C)C. The van der Waals surface area contributed by atoms with Gasteiger partial charge in [0.2, 0.25) is 5.91 Å². The molecule has 0 unspecified atom stereocenters. The van der Waals surface area contributed by atoms with Gasteiger partial charge in [0.15, 0.2) is 0 Å². The molecule has 2 aliphatic rings. The number of methoxy groups -OCH3 is 1. The minimum absolute atomic E-state index is 0.136. The molecular weight excluding hydrogens is 276 g/mol. The largest absolute Gasteiger partial charge is 0.458 e. The Bertz CT molecular complexity index is 460. The van der Waals surface area contributed by atoms with Crippen LogP contribution in [0.2, 0.25) is 0 Å². The van der Waals surface area contributed by atoms with E-state index in [-0.39, 0.29) is 5.91 Å². The maximum Gasteiger partial charge on any atom is 0.409 e. The summed E-state index contributed by atoms with van der Waals surface area (Å²) in [7, 11) is 1.33. The molecule has 1 N–H and O–H groups in total. The lowest BCUT2D eigenvalue weighted by Gasteiger charge is -2.51. The molecule has 0 aromatic carbocycles. The van der Waals surface area contributed by atoms with E-state index in [1.54, 1.807) is 25.7 Å². The topological polar surface area (TPSA) is 84.9 Å². The Labute approximate surface area is 123 Å². The third-order valence-corrected chi connectivity index (χ3v) is 4.01. The number of piperidine rings is 1. The summed E-state index contributed by atoms with van der Waals surface area (Å²) >= 11 is 0. The predicted octanol–water partition coefficient (Wildman–Crippen LogP) is 0.675. The first kappa shape index (κ1) is 15.6. The van der Waals surface area contributed by atoms with E-state index in [2.05, 4.69) is 10.1 Å². The molecule has 2 heterocycles. The highest BCUT2D eigenvalue weighted by Crippen LogP contribution is 2.42. The molecule has 2 saturated heterocycles. The summed E-state index contributed by atoms with van der Waals surface area (Å²) in [5, 5.41) is 2.64. The Balaban J connectivity index is 2.03. The third-order valence-electron chi connectivity index (χ3n) is 4.01. The molecule has 2 fully saturated rings. The van der Waals surface area contributed by atoms with Gasteiger partial charge in [-0.05, 0) is 33.6 Å². The Morgan fingerprint density at radius 2 is 1.86 bits per heavy atom. The molecule has 0 bridgehead atoms. The second kappa shape index (κ2) is 5.20. The molecule has 118 valence electrons. The highest BCUT2D eigenvalue weighted by molar-refractivity contribution is 6.00. The van der Waals surface area contributed by atoms with Crippen LogP contribution >= 0.6 is 0 Å². The van der Waals surface area contributed by atoms with E-state index >= 15 is 0 Å². The van der Waals surface area contributed by atoms with Gasteiger partial charge in [0.05, 0.1) is 12.5 Å². The van der Waals surface area contributed by atoms with E-state index in [4.69, 9.17) is 4.74 Å². The summed E-state index contributed by atoms with van der Waals surface area (Å²) in [6.45, 7) is 6.17. The summed E-state index contributed by atoms with van der Waals surface area (Å²) in [4.78, 5) is 37.2. The van der Waals surface area contributed by atoms with Gasteiger partial charge in [0.25, 0.3) is 0 Å². The normalized spacial score (nSPS) is 24.1. The van der Waals surface area contributed by atoms with Crippen LogP contribution in [0.15, 0.2) is 0 Å². The average Bonchev–Trinajstić information content (AvgIpc) is 2.41. The van der Waals surface area contributed by atoms with Gasteiger partial charge in [-0.2, -0.15) is 0 Å². The van der Waals surface area contributed by atoms with Crippen molar-refractivity contribution in [1.82, 2.24) is 10.2 Å². The van der Waals surface area contributed by atoms with Gasteiger partial charge < -0.3 is 19.7 Å². The molecule has 21 heavy (non-hydrogen) atoms. The monoisotopic (exact) mass is 298 g/mol. The van der Waals surface area contributed by atoms with Crippen molar-refractivity contribution in [3.63, 3.8) is 0 Å². The van der Waals surface area contributed by atoms with Gasteiger partial charge in [-0.25, -0.2) is 9.59 Å². The van der Waals surface area contributed by atoms with Crippen molar-refractivity contribution in [3.05, 3.63) is 0 Å². The van der Waals surface area contributed by atoms with E-state index in [1.807, 2.05) is 0 Å². The number of carbonyl (C=O) groups excluding carboxylic acids is 3. The van der Waals surface area contributed by atoms with Crippen molar-refractivity contribution in [3.8, 4) is 0 Å². The maximum absolute atomic E-state index is 12.2. The van der Waals surface area contributed by atoms with Crippen LogP contribution in [-0.2, 0) is 19.1 Å². The van der Waals surface area contributed by atoms with E-state index in [9.17, 15) is 14.4 Å².